The number of piperazine rings is 1. The van der Waals surface area contributed by atoms with Crippen molar-refractivity contribution in [1.29, 1.82) is 0 Å². The van der Waals surface area contributed by atoms with Gasteiger partial charge in [0.25, 0.3) is 5.91 Å². The molecule has 1 fully saturated rings. The predicted octanol–water partition coefficient (Wildman–Crippen LogP) is 5.99. The molecule has 38 heavy (non-hydrogen) atoms. The molecule has 0 spiro atoms. The van der Waals surface area contributed by atoms with Crippen LogP contribution in [-0.2, 0) is 0 Å². The largest absolute Gasteiger partial charge is 0.460 e. The average molecular weight is 503 g/mol. The van der Waals surface area contributed by atoms with Crippen LogP contribution in [0.2, 0.25) is 0 Å². The smallest absolute Gasteiger partial charge is 0.272 e. The van der Waals surface area contributed by atoms with E-state index in [0.717, 1.165) is 24.5 Å². The fourth-order valence-electron chi connectivity index (χ4n) is 5.22. The van der Waals surface area contributed by atoms with Crippen molar-refractivity contribution >= 4 is 5.91 Å². The highest BCUT2D eigenvalue weighted by atomic mass is 16.3. The van der Waals surface area contributed by atoms with Crippen LogP contribution in [0.3, 0.4) is 0 Å². The molecule has 0 unspecified atom stereocenters. The second-order valence-electron chi connectivity index (χ2n) is 9.62. The van der Waals surface area contributed by atoms with E-state index in [0.29, 0.717) is 30.2 Å². The number of hydrogen-bond acceptors (Lipinski definition) is 4. The molecule has 6 rings (SSSR count). The number of hydrogen-bond donors (Lipinski definition) is 0. The van der Waals surface area contributed by atoms with Crippen molar-refractivity contribution in [3.8, 4) is 17.1 Å². The summed E-state index contributed by atoms with van der Waals surface area (Å²) in [6, 6.07) is 36.8. The molecule has 1 saturated heterocycles. The van der Waals surface area contributed by atoms with E-state index in [2.05, 4.69) is 65.6 Å². The summed E-state index contributed by atoms with van der Waals surface area (Å²) in [5, 5.41) is 4.77. The van der Waals surface area contributed by atoms with Crippen molar-refractivity contribution in [2.24, 2.45) is 0 Å². The summed E-state index contributed by atoms with van der Waals surface area (Å²) >= 11 is 0. The van der Waals surface area contributed by atoms with Crippen LogP contribution in [0.4, 0.5) is 0 Å². The molecule has 0 saturated carbocycles. The Balaban J connectivity index is 1.26. The summed E-state index contributed by atoms with van der Waals surface area (Å²) < 4.78 is 7.55. The van der Waals surface area contributed by atoms with Gasteiger partial charge in [0.2, 0.25) is 0 Å². The zero-order valence-corrected chi connectivity index (χ0v) is 21.4. The van der Waals surface area contributed by atoms with Crippen LogP contribution in [0.15, 0.2) is 114 Å². The maximum atomic E-state index is 13.9. The third-order valence-corrected chi connectivity index (χ3v) is 7.12. The predicted molar refractivity (Wildman–Crippen MR) is 148 cm³/mol. The van der Waals surface area contributed by atoms with Gasteiger partial charge in [0, 0.05) is 32.2 Å². The Hall–Kier alpha value is -4.42. The minimum absolute atomic E-state index is 0.0218. The van der Waals surface area contributed by atoms with Gasteiger partial charge in [-0.3, -0.25) is 9.69 Å². The van der Waals surface area contributed by atoms with Crippen molar-refractivity contribution in [3.05, 3.63) is 132 Å². The SMILES string of the molecule is Cc1ccc(-c2cc(C(=O)N3CCN(C(c4ccccc4)c4ccccc4)CC3)n(-c3ccccc3)n2)o1. The van der Waals surface area contributed by atoms with Crippen LogP contribution in [0, 0.1) is 6.92 Å². The van der Waals surface area contributed by atoms with Crippen LogP contribution in [0.1, 0.15) is 33.4 Å². The molecule has 6 nitrogen and oxygen atoms in total. The lowest BCUT2D eigenvalue weighted by Crippen LogP contribution is -2.50. The number of amides is 1. The van der Waals surface area contributed by atoms with Crippen LogP contribution in [0.5, 0.6) is 0 Å². The molecule has 2 aromatic heterocycles. The number of carbonyl (C=O) groups excluding carboxylic acids is 1. The van der Waals surface area contributed by atoms with Crippen molar-refractivity contribution in [2.75, 3.05) is 26.2 Å². The highest BCUT2D eigenvalue weighted by Gasteiger charge is 2.30. The van der Waals surface area contributed by atoms with E-state index in [1.165, 1.54) is 11.1 Å². The molecule has 3 aromatic carbocycles. The first kappa shape index (κ1) is 23.9. The van der Waals surface area contributed by atoms with Crippen LogP contribution >= 0.6 is 0 Å². The normalized spacial score (nSPS) is 14.2. The number of nitrogens with zero attached hydrogens (tertiary/aromatic N) is 4. The van der Waals surface area contributed by atoms with Crippen LogP contribution < -0.4 is 0 Å². The monoisotopic (exact) mass is 502 g/mol. The number of benzene rings is 3. The Morgan fingerprint density at radius 1 is 0.763 bits per heavy atom. The number of carbonyl (C=O) groups is 1. The Kier molecular flexibility index (Phi) is 6.63. The zero-order valence-electron chi connectivity index (χ0n) is 21.4. The van der Waals surface area contributed by atoms with Gasteiger partial charge in [-0.15, -0.1) is 0 Å². The van der Waals surface area contributed by atoms with Crippen LogP contribution in [0.25, 0.3) is 17.1 Å². The molecule has 1 aliphatic heterocycles. The van der Waals surface area contributed by atoms with E-state index >= 15 is 0 Å². The molecule has 1 amide bonds. The lowest BCUT2D eigenvalue weighted by Gasteiger charge is -2.39. The first-order chi connectivity index (χ1) is 18.7. The minimum Gasteiger partial charge on any atom is -0.460 e. The summed E-state index contributed by atoms with van der Waals surface area (Å²) in [7, 11) is 0. The van der Waals surface area contributed by atoms with Gasteiger partial charge in [-0.25, -0.2) is 4.68 Å². The van der Waals surface area contributed by atoms with Crippen molar-refractivity contribution in [2.45, 2.75) is 13.0 Å². The van der Waals surface area contributed by atoms with Crippen molar-refractivity contribution in [3.63, 3.8) is 0 Å². The Morgan fingerprint density at radius 3 is 1.89 bits per heavy atom. The van der Waals surface area contributed by atoms with E-state index < -0.39 is 0 Å². The van der Waals surface area contributed by atoms with Gasteiger partial charge < -0.3 is 9.32 Å². The van der Waals surface area contributed by atoms with E-state index in [1.54, 1.807) is 4.68 Å². The Morgan fingerprint density at radius 2 is 1.34 bits per heavy atom. The average Bonchev–Trinajstić information content (AvgIpc) is 3.62. The summed E-state index contributed by atoms with van der Waals surface area (Å²) in [6.07, 6.45) is 0. The minimum atomic E-state index is -0.0218. The third kappa shape index (κ3) is 4.78. The highest BCUT2D eigenvalue weighted by Crippen LogP contribution is 2.30. The molecule has 0 aliphatic carbocycles. The molecule has 1 aliphatic rings. The topological polar surface area (TPSA) is 54.5 Å². The Bertz CT molecular complexity index is 1460. The third-order valence-electron chi connectivity index (χ3n) is 7.12. The molecule has 0 radical (unpaired) electrons. The molecule has 190 valence electrons. The number of rotatable bonds is 6. The first-order valence-electron chi connectivity index (χ1n) is 13.0. The summed E-state index contributed by atoms with van der Waals surface area (Å²) in [5.41, 5.74) is 4.56. The molecule has 3 heterocycles. The van der Waals surface area contributed by atoms with Crippen molar-refractivity contribution in [1.82, 2.24) is 19.6 Å². The number of aromatic nitrogens is 2. The maximum Gasteiger partial charge on any atom is 0.272 e. The van der Waals surface area contributed by atoms with E-state index in [9.17, 15) is 4.79 Å². The lowest BCUT2D eigenvalue weighted by molar-refractivity contribution is 0.0589. The van der Waals surface area contributed by atoms with Gasteiger partial charge in [-0.1, -0.05) is 78.9 Å². The molecular formula is C32H30N4O2. The molecular weight excluding hydrogens is 472 g/mol. The standard InChI is InChI=1S/C32H30N4O2/c1-24-17-18-30(38-24)28-23-29(36(33-28)27-15-9-4-10-16-27)32(37)35-21-19-34(20-22-35)31(25-11-5-2-6-12-25)26-13-7-3-8-14-26/h2-18,23,31H,19-22H2,1H3. The molecule has 0 atom stereocenters. The van der Waals surface area contributed by atoms with Gasteiger partial charge in [0.05, 0.1) is 11.7 Å². The van der Waals surface area contributed by atoms with Gasteiger partial charge in [-0.05, 0) is 42.3 Å². The molecule has 0 N–H and O–H groups in total. The van der Waals surface area contributed by atoms with E-state index in [-0.39, 0.29) is 11.9 Å². The first-order valence-corrected chi connectivity index (χ1v) is 13.0. The summed E-state index contributed by atoms with van der Waals surface area (Å²) in [4.78, 5) is 18.3. The number of aryl methyl sites for hydroxylation is 1. The second-order valence-corrected chi connectivity index (χ2v) is 9.62. The summed E-state index contributed by atoms with van der Waals surface area (Å²) in [6.45, 7) is 4.75. The quantitative estimate of drug-likeness (QED) is 0.286. The second kappa shape index (κ2) is 10.5. The van der Waals surface area contributed by atoms with Crippen molar-refractivity contribution < 1.29 is 9.21 Å². The number of para-hydroxylation sites is 1. The van der Waals surface area contributed by atoms with Crippen LogP contribution in [-0.4, -0.2) is 51.7 Å². The fourth-order valence-corrected chi connectivity index (χ4v) is 5.22. The van der Waals surface area contributed by atoms with Gasteiger partial charge >= 0.3 is 0 Å². The Labute approximate surface area is 222 Å². The maximum absolute atomic E-state index is 13.9. The molecule has 5 aromatic rings. The lowest BCUT2D eigenvalue weighted by atomic mass is 9.96. The van der Waals surface area contributed by atoms with Gasteiger partial charge in [-0.2, -0.15) is 5.10 Å². The van der Waals surface area contributed by atoms with Gasteiger partial charge in [0.1, 0.15) is 17.1 Å². The molecule has 0 bridgehead atoms. The van der Waals surface area contributed by atoms with E-state index in [1.807, 2.05) is 60.4 Å². The number of furan rings is 1. The summed E-state index contributed by atoms with van der Waals surface area (Å²) in [5.74, 6) is 1.45. The van der Waals surface area contributed by atoms with E-state index in [4.69, 9.17) is 9.52 Å². The fraction of sp³-hybridized carbons (Fsp3) is 0.188. The molecule has 6 heteroatoms. The zero-order chi connectivity index (χ0) is 25.9. The van der Waals surface area contributed by atoms with Gasteiger partial charge in [0.15, 0.2) is 5.76 Å². The highest BCUT2D eigenvalue weighted by molar-refractivity contribution is 5.94.